The number of hydrogen-bond donors (Lipinski definition) is 1. The molecule has 0 heterocycles. The Balaban J connectivity index is 4.16. The van der Waals surface area contributed by atoms with Crippen molar-refractivity contribution in [1.29, 1.82) is 0 Å². The molecule has 0 unspecified atom stereocenters. The molecule has 0 fully saturated rings. The van der Waals surface area contributed by atoms with Gasteiger partial charge in [0.05, 0.1) is 0 Å². The number of hydrogen-bond acceptors (Lipinski definition) is 2. The van der Waals surface area contributed by atoms with Crippen molar-refractivity contribution in [2.24, 2.45) is 5.73 Å². The van der Waals surface area contributed by atoms with Gasteiger partial charge in [-0.05, 0) is 19.3 Å². The molecular formula is C8H17NO2. The number of rotatable bonds is 4. The number of ether oxygens (including phenoxy) is 1. The third-order valence-corrected chi connectivity index (χ3v) is 2.25. The molecule has 11 heavy (non-hydrogen) atoms. The monoisotopic (exact) mass is 159 g/mol. The van der Waals surface area contributed by atoms with Crippen LogP contribution in [0.3, 0.4) is 0 Å². The molecule has 0 saturated heterocycles. The molecule has 0 aliphatic carbocycles. The topological polar surface area (TPSA) is 52.3 Å². The van der Waals surface area contributed by atoms with E-state index < -0.39 is 6.09 Å². The Hall–Kier alpha value is -0.730. The van der Waals surface area contributed by atoms with E-state index in [0.29, 0.717) is 0 Å². The minimum atomic E-state index is -0.671. The summed E-state index contributed by atoms with van der Waals surface area (Å²) >= 11 is 0. The van der Waals surface area contributed by atoms with Gasteiger partial charge in [-0.2, -0.15) is 0 Å². The number of amides is 1. The first-order valence-electron chi connectivity index (χ1n) is 4.08. The highest BCUT2D eigenvalue weighted by Gasteiger charge is 2.27. The molecule has 0 aromatic heterocycles. The van der Waals surface area contributed by atoms with E-state index in [4.69, 9.17) is 10.5 Å². The molecule has 0 rings (SSSR count). The Morgan fingerprint density at radius 2 is 1.64 bits per heavy atom. The summed E-state index contributed by atoms with van der Waals surface area (Å²) in [4.78, 5) is 10.5. The van der Waals surface area contributed by atoms with Crippen LogP contribution in [0.4, 0.5) is 4.79 Å². The SMILES string of the molecule is CCC(CC)(CC)OC(N)=O. The van der Waals surface area contributed by atoms with Gasteiger partial charge < -0.3 is 10.5 Å². The molecule has 0 spiro atoms. The average molecular weight is 159 g/mol. The predicted octanol–water partition coefficient (Wildman–Crippen LogP) is 2.05. The van der Waals surface area contributed by atoms with Crippen molar-refractivity contribution in [3.05, 3.63) is 0 Å². The predicted molar refractivity (Wildman–Crippen MR) is 44.3 cm³/mol. The summed E-state index contributed by atoms with van der Waals surface area (Å²) in [6.07, 6.45) is 1.80. The Bertz CT molecular complexity index is 122. The van der Waals surface area contributed by atoms with Crippen molar-refractivity contribution in [1.82, 2.24) is 0 Å². The van der Waals surface area contributed by atoms with Crippen LogP contribution in [0, 0.1) is 0 Å². The van der Waals surface area contributed by atoms with Crippen LogP contribution in [0.25, 0.3) is 0 Å². The molecule has 0 radical (unpaired) electrons. The lowest BCUT2D eigenvalue weighted by Crippen LogP contribution is -2.35. The van der Waals surface area contributed by atoms with Crippen LogP contribution in [0.5, 0.6) is 0 Å². The van der Waals surface area contributed by atoms with Gasteiger partial charge in [0.2, 0.25) is 0 Å². The zero-order valence-corrected chi connectivity index (χ0v) is 7.52. The first kappa shape index (κ1) is 10.3. The van der Waals surface area contributed by atoms with Gasteiger partial charge >= 0.3 is 6.09 Å². The van der Waals surface area contributed by atoms with E-state index in [1.807, 2.05) is 20.8 Å². The molecule has 0 aliphatic heterocycles. The van der Waals surface area contributed by atoms with Crippen LogP contribution >= 0.6 is 0 Å². The molecule has 0 aliphatic rings. The molecule has 2 N–H and O–H groups in total. The van der Waals surface area contributed by atoms with E-state index in [1.165, 1.54) is 0 Å². The van der Waals surface area contributed by atoms with Crippen molar-refractivity contribution in [3.63, 3.8) is 0 Å². The van der Waals surface area contributed by atoms with Gasteiger partial charge in [0, 0.05) is 0 Å². The fourth-order valence-corrected chi connectivity index (χ4v) is 1.18. The van der Waals surface area contributed by atoms with E-state index in [1.54, 1.807) is 0 Å². The Kier molecular flexibility index (Phi) is 3.93. The molecule has 3 nitrogen and oxygen atoms in total. The Labute approximate surface area is 67.9 Å². The van der Waals surface area contributed by atoms with Crippen LogP contribution in [0.15, 0.2) is 0 Å². The van der Waals surface area contributed by atoms with Gasteiger partial charge in [0.25, 0.3) is 0 Å². The van der Waals surface area contributed by atoms with Crippen LogP contribution in [0.2, 0.25) is 0 Å². The van der Waals surface area contributed by atoms with Gasteiger partial charge in [-0.3, -0.25) is 0 Å². The number of carbonyl (C=O) groups excluding carboxylic acids is 1. The molecular weight excluding hydrogens is 142 g/mol. The van der Waals surface area contributed by atoms with Crippen LogP contribution < -0.4 is 5.73 Å². The lowest BCUT2D eigenvalue weighted by atomic mass is 9.94. The standard InChI is InChI=1S/C8H17NO2/c1-4-8(5-2,6-3)11-7(9)10/h4-6H2,1-3H3,(H2,9,10). The van der Waals surface area contributed by atoms with Gasteiger partial charge in [0.15, 0.2) is 0 Å². The summed E-state index contributed by atoms with van der Waals surface area (Å²) in [5.41, 5.74) is 4.62. The molecule has 0 aromatic rings. The van der Waals surface area contributed by atoms with E-state index in [0.717, 1.165) is 19.3 Å². The highest BCUT2D eigenvalue weighted by Crippen LogP contribution is 2.23. The molecule has 0 atom stereocenters. The Morgan fingerprint density at radius 3 is 1.73 bits per heavy atom. The summed E-state index contributed by atoms with van der Waals surface area (Å²) in [6.45, 7) is 5.99. The van der Waals surface area contributed by atoms with Gasteiger partial charge in [-0.15, -0.1) is 0 Å². The molecule has 0 aromatic carbocycles. The maximum absolute atomic E-state index is 10.5. The maximum atomic E-state index is 10.5. The van der Waals surface area contributed by atoms with E-state index in [2.05, 4.69) is 0 Å². The van der Waals surface area contributed by atoms with E-state index in [-0.39, 0.29) is 5.60 Å². The summed E-state index contributed by atoms with van der Waals surface area (Å²) in [6, 6.07) is 0. The fourth-order valence-electron chi connectivity index (χ4n) is 1.18. The van der Waals surface area contributed by atoms with Gasteiger partial charge in [0.1, 0.15) is 5.60 Å². The van der Waals surface area contributed by atoms with Crippen molar-refractivity contribution in [2.45, 2.75) is 45.6 Å². The van der Waals surface area contributed by atoms with Crippen LogP contribution in [-0.2, 0) is 4.74 Å². The minimum absolute atomic E-state index is 0.328. The number of carbonyl (C=O) groups is 1. The highest BCUT2D eigenvalue weighted by molar-refractivity contribution is 5.65. The highest BCUT2D eigenvalue weighted by atomic mass is 16.6. The van der Waals surface area contributed by atoms with Crippen molar-refractivity contribution in [2.75, 3.05) is 0 Å². The largest absolute Gasteiger partial charge is 0.443 e. The third-order valence-electron chi connectivity index (χ3n) is 2.25. The van der Waals surface area contributed by atoms with E-state index >= 15 is 0 Å². The summed E-state index contributed by atoms with van der Waals surface area (Å²) in [5.74, 6) is 0. The second-order valence-corrected chi connectivity index (χ2v) is 2.66. The van der Waals surface area contributed by atoms with E-state index in [9.17, 15) is 4.79 Å². The van der Waals surface area contributed by atoms with Crippen LogP contribution in [0.1, 0.15) is 40.0 Å². The number of nitrogens with two attached hydrogens (primary N) is 1. The molecule has 66 valence electrons. The van der Waals surface area contributed by atoms with Crippen molar-refractivity contribution in [3.8, 4) is 0 Å². The average Bonchev–Trinajstić information content (AvgIpc) is 2.00. The smallest absolute Gasteiger partial charge is 0.405 e. The lowest BCUT2D eigenvalue weighted by molar-refractivity contribution is 0.00701. The van der Waals surface area contributed by atoms with Gasteiger partial charge in [-0.1, -0.05) is 20.8 Å². The van der Waals surface area contributed by atoms with Crippen LogP contribution in [-0.4, -0.2) is 11.7 Å². The zero-order valence-electron chi connectivity index (χ0n) is 7.52. The second kappa shape index (κ2) is 4.21. The fraction of sp³-hybridized carbons (Fsp3) is 0.875. The zero-order chi connectivity index (χ0) is 8.91. The van der Waals surface area contributed by atoms with Gasteiger partial charge in [-0.25, -0.2) is 4.79 Å². The second-order valence-electron chi connectivity index (χ2n) is 2.66. The summed E-state index contributed by atoms with van der Waals surface area (Å²) in [5, 5.41) is 0. The Morgan fingerprint density at radius 1 is 1.27 bits per heavy atom. The molecule has 1 amide bonds. The third kappa shape index (κ3) is 2.78. The first-order chi connectivity index (χ1) is 5.10. The number of primary amides is 1. The normalized spacial score (nSPS) is 11.2. The minimum Gasteiger partial charge on any atom is -0.443 e. The molecule has 0 saturated carbocycles. The molecule has 0 bridgehead atoms. The molecule has 3 heteroatoms. The lowest BCUT2D eigenvalue weighted by Gasteiger charge is -2.29. The van der Waals surface area contributed by atoms with Crippen molar-refractivity contribution >= 4 is 6.09 Å². The quantitative estimate of drug-likeness (QED) is 0.682. The maximum Gasteiger partial charge on any atom is 0.405 e. The summed E-state index contributed by atoms with van der Waals surface area (Å²) < 4.78 is 5.02. The first-order valence-corrected chi connectivity index (χ1v) is 4.08. The summed E-state index contributed by atoms with van der Waals surface area (Å²) in [7, 11) is 0. The van der Waals surface area contributed by atoms with Crippen molar-refractivity contribution < 1.29 is 9.53 Å².